The van der Waals surface area contributed by atoms with Gasteiger partial charge in [0.05, 0.1) is 4.92 Å². The predicted octanol–water partition coefficient (Wildman–Crippen LogP) is 0.934. The third kappa shape index (κ3) is 4.84. The quantitative estimate of drug-likeness (QED) is 0.442. The van der Waals surface area contributed by atoms with Crippen LogP contribution < -0.4 is 10.1 Å². The van der Waals surface area contributed by atoms with Crippen LogP contribution in [0, 0.1) is 10.1 Å². The Morgan fingerprint density at radius 2 is 2.10 bits per heavy atom. The number of nitrogens with one attached hydrogen (secondary N) is 1. The van der Waals surface area contributed by atoms with Gasteiger partial charge in [0, 0.05) is 38.7 Å². The summed E-state index contributed by atoms with van der Waals surface area (Å²) in [6, 6.07) is 6.04. The van der Waals surface area contributed by atoms with Crippen LogP contribution >= 0.6 is 0 Å². The SMILES string of the molecule is Cn1cnc(CCNCCOc2ccc([N+](=O)[O-])cc2)n1. The standard InChI is InChI=1S/C13H17N5O3/c1-17-10-15-13(16-17)6-7-14-8-9-21-12-4-2-11(3-5-12)18(19)20/h2-5,10,14H,6-9H2,1H3. The lowest BCUT2D eigenvalue weighted by molar-refractivity contribution is -0.384. The van der Waals surface area contributed by atoms with Gasteiger partial charge in [0.25, 0.3) is 5.69 Å². The van der Waals surface area contributed by atoms with Gasteiger partial charge in [-0.3, -0.25) is 14.8 Å². The fraction of sp³-hybridized carbons (Fsp3) is 0.385. The van der Waals surface area contributed by atoms with Gasteiger partial charge in [-0.1, -0.05) is 0 Å². The van der Waals surface area contributed by atoms with Crippen molar-refractivity contribution in [1.82, 2.24) is 20.1 Å². The molecule has 0 aliphatic rings. The van der Waals surface area contributed by atoms with Gasteiger partial charge in [0.15, 0.2) is 5.82 Å². The molecule has 1 aromatic carbocycles. The number of nitro groups is 1. The number of nitrogens with zero attached hydrogens (tertiary/aromatic N) is 4. The van der Waals surface area contributed by atoms with Crippen molar-refractivity contribution in [3.63, 3.8) is 0 Å². The first-order chi connectivity index (χ1) is 10.1. The molecule has 1 N–H and O–H groups in total. The van der Waals surface area contributed by atoms with Crippen LogP contribution in [0.25, 0.3) is 0 Å². The molecule has 8 nitrogen and oxygen atoms in total. The molecule has 0 fully saturated rings. The molecular weight excluding hydrogens is 274 g/mol. The molecule has 0 radical (unpaired) electrons. The van der Waals surface area contributed by atoms with Crippen LogP contribution in [-0.4, -0.2) is 39.4 Å². The second-order valence-corrected chi connectivity index (χ2v) is 4.43. The number of rotatable bonds is 8. The third-order valence-corrected chi connectivity index (χ3v) is 2.77. The van der Waals surface area contributed by atoms with Gasteiger partial charge >= 0.3 is 0 Å². The molecule has 0 aliphatic carbocycles. The molecule has 0 aliphatic heterocycles. The maximum atomic E-state index is 10.5. The van der Waals surface area contributed by atoms with Gasteiger partial charge in [-0.2, -0.15) is 5.10 Å². The predicted molar refractivity (Wildman–Crippen MR) is 76.2 cm³/mol. The molecule has 8 heteroatoms. The topological polar surface area (TPSA) is 95.1 Å². The van der Waals surface area contributed by atoms with Crippen molar-refractivity contribution < 1.29 is 9.66 Å². The average molecular weight is 291 g/mol. The molecule has 2 aromatic rings. The zero-order chi connectivity index (χ0) is 15.1. The normalized spacial score (nSPS) is 10.5. The van der Waals surface area contributed by atoms with Crippen molar-refractivity contribution in [2.24, 2.45) is 7.05 Å². The van der Waals surface area contributed by atoms with Crippen molar-refractivity contribution in [3.8, 4) is 5.75 Å². The fourth-order valence-corrected chi connectivity index (χ4v) is 1.73. The number of ether oxygens (including phenoxy) is 1. The Hall–Kier alpha value is -2.48. The molecule has 0 bridgehead atoms. The first-order valence-electron chi connectivity index (χ1n) is 6.57. The summed E-state index contributed by atoms with van der Waals surface area (Å²) in [5, 5.41) is 17.9. The van der Waals surface area contributed by atoms with E-state index in [-0.39, 0.29) is 5.69 Å². The first kappa shape index (κ1) is 14.9. The van der Waals surface area contributed by atoms with E-state index >= 15 is 0 Å². The van der Waals surface area contributed by atoms with Crippen molar-refractivity contribution in [2.45, 2.75) is 6.42 Å². The molecule has 0 unspecified atom stereocenters. The highest BCUT2D eigenvalue weighted by Crippen LogP contribution is 2.16. The molecule has 112 valence electrons. The van der Waals surface area contributed by atoms with E-state index in [2.05, 4.69) is 15.4 Å². The number of hydrogen-bond donors (Lipinski definition) is 1. The number of nitro benzene ring substituents is 1. The minimum Gasteiger partial charge on any atom is -0.492 e. The van der Waals surface area contributed by atoms with E-state index in [4.69, 9.17) is 4.74 Å². The summed E-state index contributed by atoms with van der Waals surface area (Å²) in [6.45, 7) is 1.95. The van der Waals surface area contributed by atoms with Gasteiger partial charge in [0.2, 0.25) is 0 Å². The first-order valence-corrected chi connectivity index (χ1v) is 6.57. The van der Waals surface area contributed by atoms with E-state index in [9.17, 15) is 10.1 Å². The van der Waals surface area contributed by atoms with E-state index in [0.717, 1.165) is 18.8 Å². The second-order valence-electron chi connectivity index (χ2n) is 4.43. The molecule has 2 rings (SSSR count). The molecule has 0 amide bonds. The summed E-state index contributed by atoms with van der Waals surface area (Å²) in [7, 11) is 1.84. The molecule has 0 atom stereocenters. The average Bonchev–Trinajstić information content (AvgIpc) is 2.89. The Morgan fingerprint density at radius 1 is 1.33 bits per heavy atom. The van der Waals surface area contributed by atoms with Gasteiger partial charge in [-0.15, -0.1) is 0 Å². The summed E-state index contributed by atoms with van der Waals surface area (Å²) in [5.74, 6) is 1.43. The smallest absolute Gasteiger partial charge is 0.269 e. The number of aryl methyl sites for hydroxylation is 1. The number of aromatic nitrogens is 3. The van der Waals surface area contributed by atoms with Gasteiger partial charge in [-0.25, -0.2) is 4.98 Å². The highest BCUT2D eigenvalue weighted by atomic mass is 16.6. The lowest BCUT2D eigenvalue weighted by atomic mass is 10.3. The number of hydrogen-bond acceptors (Lipinski definition) is 6. The molecule has 0 saturated carbocycles. The second kappa shape index (κ2) is 7.34. The van der Waals surface area contributed by atoms with Crippen molar-refractivity contribution in [2.75, 3.05) is 19.7 Å². The Balaban J connectivity index is 1.60. The highest BCUT2D eigenvalue weighted by Gasteiger charge is 2.04. The Kier molecular flexibility index (Phi) is 5.22. The lowest BCUT2D eigenvalue weighted by Crippen LogP contribution is -2.23. The molecular formula is C13H17N5O3. The van der Waals surface area contributed by atoms with Crippen LogP contribution in [-0.2, 0) is 13.5 Å². The van der Waals surface area contributed by atoms with Crippen molar-refractivity contribution in [1.29, 1.82) is 0 Å². The summed E-state index contributed by atoms with van der Waals surface area (Å²) in [4.78, 5) is 14.2. The minimum atomic E-state index is -0.434. The van der Waals surface area contributed by atoms with Gasteiger partial charge in [0.1, 0.15) is 18.7 Å². The molecule has 0 saturated heterocycles. The molecule has 1 heterocycles. The van der Waals surface area contributed by atoms with E-state index in [0.29, 0.717) is 18.9 Å². The zero-order valence-electron chi connectivity index (χ0n) is 11.7. The minimum absolute atomic E-state index is 0.0586. The van der Waals surface area contributed by atoms with Gasteiger partial charge in [-0.05, 0) is 12.1 Å². The fourth-order valence-electron chi connectivity index (χ4n) is 1.73. The third-order valence-electron chi connectivity index (χ3n) is 2.77. The van der Waals surface area contributed by atoms with Crippen LogP contribution in [0.3, 0.4) is 0 Å². The van der Waals surface area contributed by atoms with Crippen LogP contribution in [0.1, 0.15) is 5.82 Å². The van der Waals surface area contributed by atoms with Gasteiger partial charge < -0.3 is 10.1 Å². The monoisotopic (exact) mass is 291 g/mol. The number of benzene rings is 1. The highest BCUT2D eigenvalue weighted by molar-refractivity contribution is 5.35. The zero-order valence-corrected chi connectivity index (χ0v) is 11.7. The van der Waals surface area contributed by atoms with E-state index in [1.54, 1.807) is 23.1 Å². The number of non-ortho nitro benzene ring substituents is 1. The summed E-state index contributed by atoms with van der Waals surface area (Å²) in [6.07, 6.45) is 2.44. The van der Waals surface area contributed by atoms with E-state index in [1.807, 2.05) is 7.05 Å². The van der Waals surface area contributed by atoms with Crippen LogP contribution in [0.15, 0.2) is 30.6 Å². The summed E-state index contributed by atoms with van der Waals surface area (Å²) < 4.78 is 7.15. The maximum absolute atomic E-state index is 10.5. The van der Waals surface area contributed by atoms with Crippen molar-refractivity contribution in [3.05, 3.63) is 46.5 Å². The van der Waals surface area contributed by atoms with Crippen molar-refractivity contribution >= 4 is 5.69 Å². The van der Waals surface area contributed by atoms with Crippen LogP contribution in [0.2, 0.25) is 0 Å². The van der Waals surface area contributed by atoms with E-state index < -0.39 is 4.92 Å². The van der Waals surface area contributed by atoms with Crippen LogP contribution in [0.5, 0.6) is 5.75 Å². The molecule has 0 spiro atoms. The Bertz CT molecular complexity index is 582. The molecule has 21 heavy (non-hydrogen) atoms. The largest absolute Gasteiger partial charge is 0.492 e. The summed E-state index contributed by atoms with van der Waals surface area (Å²) >= 11 is 0. The Morgan fingerprint density at radius 3 is 2.71 bits per heavy atom. The maximum Gasteiger partial charge on any atom is 0.269 e. The van der Waals surface area contributed by atoms with Crippen LogP contribution in [0.4, 0.5) is 5.69 Å². The van der Waals surface area contributed by atoms with E-state index in [1.165, 1.54) is 12.1 Å². The lowest BCUT2D eigenvalue weighted by Gasteiger charge is -2.06. The molecule has 1 aromatic heterocycles. The summed E-state index contributed by atoms with van der Waals surface area (Å²) in [5.41, 5.74) is 0.0586. The Labute approximate surface area is 121 Å².